The Morgan fingerprint density at radius 2 is 2.12 bits per heavy atom. The van der Waals surface area contributed by atoms with Crippen LogP contribution in [0.3, 0.4) is 0 Å². The molecule has 0 unspecified atom stereocenters. The molecule has 1 aromatic carbocycles. The molecule has 0 aliphatic carbocycles. The number of rotatable bonds is 5. The van der Waals surface area contributed by atoms with Gasteiger partial charge >= 0.3 is 5.69 Å². The third-order valence-electron chi connectivity index (χ3n) is 1.84. The summed E-state index contributed by atoms with van der Waals surface area (Å²) in [5, 5.41) is 10.6. The van der Waals surface area contributed by atoms with Crippen LogP contribution < -0.4 is 0 Å². The number of nitrogens with zero attached hydrogens (tertiary/aromatic N) is 1. The molecule has 1 aromatic rings. The van der Waals surface area contributed by atoms with E-state index in [1.54, 1.807) is 0 Å². The molecule has 0 amide bonds. The van der Waals surface area contributed by atoms with E-state index in [1.165, 1.54) is 12.1 Å². The van der Waals surface area contributed by atoms with Crippen molar-refractivity contribution in [1.82, 2.24) is 0 Å². The highest BCUT2D eigenvalue weighted by atomic mass is 32.2. The van der Waals surface area contributed by atoms with Gasteiger partial charge in [0.2, 0.25) is 5.82 Å². The van der Waals surface area contributed by atoms with Crippen LogP contribution in [0.4, 0.5) is 10.1 Å². The maximum absolute atomic E-state index is 13.2. The molecular formula is C9H10FNO4S2. The quantitative estimate of drug-likeness (QED) is 0.467. The number of hydrogen-bond acceptors (Lipinski definition) is 5. The summed E-state index contributed by atoms with van der Waals surface area (Å²) in [7, 11) is -3.12. The zero-order valence-electron chi connectivity index (χ0n) is 8.92. The maximum atomic E-state index is 13.2. The van der Waals surface area contributed by atoms with Crippen molar-refractivity contribution in [3.8, 4) is 0 Å². The van der Waals surface area contributed by atoms with Gasteiger partial charge in [-0.1, -0.05) is 6.07 Å². The molecule has 5 nitrogen and oxygen atoms in total. The predicted molar refractivity (Wildman–Crippen MR) is 63.5 cm³/mol. The lowest BCUT2D eigenvalue weighted by Crippen LogP contribution is -2.05. The average Bonchev–Trinajstić information content (AvgIpc) is 2.14. The average molecular weight is 279 g/mol. The molecule has 0 bridgehead atoms. The fourth-order valence-electron chi connectivity index (χ4n) is 1.09. The highest BCUT2D eigenvalue weighted by molar-refractivity contribution is 8.00. The van der Waals surface area contributed by atoms with E-state index in [9.17, 15) is 22.9 Å². The molecular weight excluding hydrogens is 269 g/mol. The second-order valence-electron chi connectivity index (χ2n) is 3.32. The smallest absolute Gasteiger partial charge is 0.258 e. The molecule has 17 heavy (non-hydrogen) atoms. The van der Waals surface area contributed by atoms with Crippen molar-refractivity contribution in [2.45, 2.75) is 4.90 Å². The summed E-state index contributed by atoms with van der Waals surface area (Å²) < 4.78 is 35.0. The number of para-hydroxylation sites is 1. The molecule has 0 heterocycles. The zero-order valence-corrected chi connectivity index (χ0v) is 10.6. The fourth-order valence-corrected chi connectivity index (χ4v) is 3.34. The lowest BCUT2D eigenvalue weighted by Gasteiger charge is -2.02. The Balaban J connectivity index is 2.85. The van der Waals surface area contributed by atoms with Crippen LogP contribution in [-0.4, -0.2) is 31.1 Å². The molecule has 0 aliphatic heterocycles. The molecule has 94 valence electrons. The summed E-state index contributed by atoms with van der Waals surface area (Å²) >= 11 is 0.956. The minimum atomic E-state index is -3.12. The van der Waals surface area contributed by atoms with Gasteiger partial charge in [-0.25, -0.2) is 8.42 Å². The van der Waals surface area contributed by atoms with E-state index < -0.39 is 26.3 Å². The minimum Gasteiger partial charge on any atom is -0.258 e. The van der Waals surface area contributed by atoms with E-state index in [2.05, 4.69) is 0 Å². The van der Waals surface area contributed by atoms with Gasteiger partial charge in [0.15, 0.2) is 0 Å². The second-order valence-corrected chi connectivity index (χ2v) is 6.72. The number of thioether (sulfide) groups is 1. The highest BCUT2D eigenvalue weighted by Crippen LogP contribution is 2.31. The van der Waals surface area contributed by atoms with Crippen molar-refractivity contribution < 1.29 is 17.7 Å². The van der Waals surface area contributed by atoms with Crippen molar-refractivity contribution in [2.24, 2.45) is 0 Å². The summed E-state index contributed by atoms with van der Waals surface area (Å²) in [4.78, 5) is 9.97. The van der Waals surface area contributed by atoms with Crippen LogP contribution in [0, 0.1) is 15.9 Å². The Bertz CT molecular complexity index is 530. The largest absolute Gasteiger partial charge is 0.318 e. The molecule has 0 atom stereocenters. The Hall–Kier alpha value is -1.15. The Kier molecular flexibility index (Phi) is 4.47. The summed E-state index contributed by atoms with van der Waals surface area (Å²) in [5.74, 6) is -0.867. The van der Waals surface area contributed by atoms with Crippen molar-refractivity contribution in [1.29, 1.82) is 0 Å². The van der Waals surface area contributed by atoms with Crippen LogP contribution in [-0.2, 0) is 9.84 Å². The molecule has 0 spiro atoms. The molecule has 0 saturated carbocycles. The van der Waals surface area contributed by atoms with Crippen molar-refractivity contribution in [3.63, 3.8) is 0 Å². The zero-order chi connectivity index (χ0) is 13.1. The van der Waals surface area contributed by atoms with Gasteiger partial charge in [0.1, 0.15) is 9.84 Å². The molecule has 0 aliphatic rings. The van der Waals surface area contributed by atoms with E-state index in [-0.39, 0.29) is 16.4 Å². The third kappa shape index (κ3) is 4.31. The van der Waals surface area contributed by atoms with E-state index in [0.717, 1.165) is 24.1 Å². The molecule has 0 aromatic heterocycles. The highest BCUT2D eigenvalue weighted by Gasteiger charge is 2.20. The van der Waals surface area contributed by atoms with Crippen LogP contribution in [0.5, 0.6) is 0 Å². The standard InChI is InChI=1S/C9H10FNO4S2/c1-17(14,15)6-5-16-8-4-2-3-7(10)9(8)11(12)13/h2-4H,5-6H2,1H3. The fraction of sp³-hybridized carbons (Fsp3) is 0.333. The van der Waals surface area contributed by atoms with E-state index in [1.807, 2.05) is 0 Å². The first-order valence-electron chi connectivity index (χ1n) is 4.54. The number of halogens is 1. The number of nitro groups is 1. The number of nitro benzene ring substituents is 1. The Morgan fingerprint density at radius 1 is 1.47 bits per heavy atom. The summed E-state index contributed by atoms with van der Waals surface area (Å²) in [5.41, 5.74) is -0.606. The van der Waals surface area contributed by atoms with E-state index >= 15 is 0 Å². The number of sulfone groups is 1. The SMILES string of the molecule is CS(=O)(=O)CCSc1cccc(F)c1[N+](=O)[O-]. The summed E-state index contributed by atoms with van der Waals surface area (Å²) in [6.07, 6.45) is 1.08. The number of benzene rings is 1. The van der Waals surface area contributed by atoms with Gasteiger partial charge < -0.3 is 0 Å². The van der Waals surface area contributed by atoms with Crippen LogP contribution in [0.2, 0.25) is 0 Å². The monoisotopic (exact) mass is 279 g/mol. The first-order chi connectivity index (χ1) is 7.81. The van der Waals surface area contributed by atoms with Crippen LogP contribution >= 0.6 is 11.8 Å². The number of hydrogen-bond donors (Lipinski definition) is 0. The molecule has 1 rings (SSSR count). The third-order valence-corrected chi connectivity index (χ3v) is 4.10. The second kappa shape index (κ2) is 5.46. The maximum Gasteiger partial charge on any atom is 0.318 e. The first kappa shape index (κ1) is 13.9. The van der Waals surface area contributed by atoms with Crippen LogP contribution in [0.25, 0.3) is 0 Å². The first-order valence-corrected chi connectivity index (χ1v) is 7.59. The lowest BCUT2D eigenvalue weighted by molar-refractivity contribution is -0.390. The predicted octanol–water partition coefficient (Wildman–Crippen LogP) is 1.87. The van der Waals surface area contributed by atoms with Crippen LogP contribution in [0.15, 0.2) is 23.1 Å². The van der Waals surface area contributed by atoms with Gasteiger partial charge in [0.25, 0.3) is 0 Å². The summed E-state index contributed by atoms with van der Waals surface area (Å²) in [6.45, 7) is 0. The van der Waals surface area contributed by atoms with Gasteiger partial charge in [0, 0.05) is 12.0 Å². The Morgan fingerprint density at radius 3 is 2.65 bits per heavy atom. The minimum absolute atomic E-state index is 0.106. The molecule has 0 saturated heterocycles. The van der Waals surface area contributed by atoms with Gasteiger partial charge in [0.05, 0.1) is 15.6 Å². The molecule has 0 N–H and O–H groups in total. The van der Waals surface area contributed by atoms with Gasteiger partial charge in [-0.3, -0.25) is 10.1 Å². The molecule has 0 radical (unpaired) electrons. The lowest BCUT2D eigenvalue weighted by atomic mass is 10.3. The molecule has 8 heteroatoms. The van der Waals surface area contributed by atoms with Crippen molar-refractivity contribution in [3.05, 3.63) is 34.1 Å². The molecule has 0 fully saturated rings. The van der Waals surface area contributed by atoms with Gasteiger partial charge in [-0.05, 0) is 12.1 Å². The normalized spacial score (nSPS) is 11.4. The van der Waals surface area contributed by atoms with Crippen LogP contribution in [0.1, 0.15) is 0 Å². The van der Waals surface area contributed by atoms with E-state index in [0.29, 0.717) is 0 Å². The van der Waals surface area contributed by atoms with Crippen molar-refractivity contribution in [2.75, 3.05) is 17.8 Å². The Labute approximate surface area is 102 Å². The van der Waals surface area contributed by atoms with E-state index in [4.69, 9.17) is 0 Å². The van der Waals surface area contributed by atoms with Crippen molar-refractivity contribution >= 4 is 27.3 Å². The topological polar surface area (TPSA) is 77.3 Å². The summed E-state index contributed by atoms with van der Waals surface area (Å²) in [6, 6.07) is 3.75. The van der Waals surface area contributed by atoms with Gasteiger partial charge in [-0.15, -0.1) is 11.8 Å². The van der Waals surface area contributed by atoms with Gasteiger partial charge in [-0.2, -0.15) is 4.39 Å².